The highest BCUT2D eigenvalue weighted by Crippen LogP contribution is 2.69. The molecule has 0 spiro atoms. The summed E-state index contributed by atoms with van der Waals surface area (Å²) < 4.78 is 10.8. The van der Waals surface area contributed by atoms with E-state index in [-0.39, 0.29) is 0 Å². The Balaban J connectivity index is 6.59. The third-order valence-corrected chi connectivity index (χ3v) is 14.4. The average Bonchev–Trinajstić information content (AvgIpc) is 2.51. The molecular weight excluding hydrogens is 841 g/mol. The minimum absolute atomic E-state index is 1.80. The van der Waals surface area contributed by atoms with Crippen LogP contribution in [0.5, 0.6) is 0 Å². The molecule has 194 valence electrons. The van der Waals surface area contributed by atoms with E-state index in [1.54, 1.807) is 0 Å². The molecule has 0 amide bonds. The Hall–Kier alpha value is 5.33. The number of phosphoric ester groups is 1. The van der Waals surface area contributed by atoms with E-state index in [1.807, 2.05) is 0 Å². The summed E-state index contributed by atoms with van der Waals surface area (Å²) in [4.78, 5) is -5.39. The number of hydrogen-bond donors (Lipinski definition) is 0. The van der Waals surface area contributed by atoms with E-state index in [0.29, 0.717) is 0 Å². The minimum atomic E-state index is -5.64. The molecule has 0 fully saturated rings. The molecule has 0 atom stereocenters. The zero-order valence-electron chi connectivity index (χ0n) is 13.6. The van der Waals surface area contributed by atoms with Gasteiger partial charge in [0.15, 0.2) is 0 Å². The fourth-order valence-corrected chi connectivity index (χ4v) is 6.75. The summed E-state index contributed by atoms with van der Waals surface area (Å²) >= 11 is 104. The number of hydrogen-bond acceptors (Lipinski definition) is 4. The first-order valence-corrected chi connectivity index (χ1v) is 15.2. The maximum Gasteiger partial charge on any atom is 0.483 e. The Morgan fingerprint density at radius 2 is 0.594 bits per heavy atom. The van der Waals surface area contributed by atoms with Crippen LogP contribution in [0, 0.1) is 0 Å². The van der Waals surface area contributed by atoms with Crippen LogP contribution >= 0.6 is 217 Å². The van der Waals surface area contributed by atoms with Crippen LogP contribution in [0.3, 0.4) is 0 Å². The third-order valence-electron chi connectivity index (χ3n) is 2.67. The number of alkyl halides is 18. The van der Waals surface area contributed by atoms with Gasteiger partial charge in [-0.15, -0.1) is 69.6 Å². The predicted molar refractivity (Wildman–Crippen MR) is 144 cm³/mol. The number of halogens is 18. The summed E-state index contributed by atoms with van der Waals surface area (Å²) in [6.07, 6.45) is 0. The highest BCUT2D eigenvalue weighted by atomic mass is 35.6. The second-order valence-electron chi connectivity index (χ2n) is 5.04. The van der Waals surface area contributed by atoms with Gasteiger partial charge in [-0.25, -0.2) is 18.1 Å². The van der Waals surface area contributed by atoms with E-state index >= 15 is 0 Å². The molecule has 23 heteroatoms. The smallest absolute Gasteiger partial charge is 0.246 e. The molecule has 0 aromatic heterocycles. The van der Waals surface area contributed by atoms with Crippen LogP contribution in [0.15, 0.2) is 0 Å². The monoisotopic (exact) mass is 835 g/mol. The van der Waals surface area contributed by atoms with Crippen LogP contribution in [-0.4, -0.2) is 41.1 Å². The van der Waals surface area contributed by atoms with Crippen molar-refractivity contribution in [3.05, 3.63) is 0 Å². The normalized spacial score (nSPS) is 15.9. The van der Waals surface area contributed by atoms with E-state index < -0.39 is 48.9 Å². The molecule has 0 aliphatic heterocycles. The molecule has 0 unspecified atom stereocenters. The fourth-order valence-electron chi connectivity index (χ4n) is 1.04. The van der Waals surface area contributed by atoms with Crippen LogP contribution in [0.1, 0.15) is 0 Å². The Kier molecular flexibility index (Phi) is 15.0. The Morgan fingerprint density at radius 1 is 0.438 bits per heavy atom. The second kappa shape index (κ2) is 12.9. The number of phosphoric acid groups is 1. The molecule has 0 aliphatic carbocycles. The van der Waals surface area contributed by atoms with Gasteiger partial charge in [0.05, 0.1) is 0 Å². The van der Waals surface area contributed by atoms with E-state index in [0.717, 1.165) is 0 Å². The lowest BCUT2D eigenvalue weighted by Crippen LogP contribution is -2.48. The summed E-state index contributed by atoms with van der Waals surface area (Å²) in [6.45, 7) is 0. The van der Waals surface area contributed by atoms with Gasteiger partial charge < -0.3 is 0 Å². The first-order chi connectivity index (χ1) is 13.7. The summed E-state index contributed by atoms with van der Waals surface area (Å²) in [5.74, 6) is 0. The van der Waals surface area contributed by atoms with Gasteiger partial charge in [0.2, 0.25) is 13.0 Å². The van der Waals surface area contributed by atoms with Crippen molar-refractivity contribution in [1.29, 1.82) is 0 Å². The zero-order valence-corrected chi connectivity index (χ0v) is 28.1. The van der Waals surface area contributed by atoms with Crippen molar-refractivity contribution < 1.29 is 18.1 Å². The van der Waals surface area contributed by atoms with Gasteiger partial charge in [-0.05, 0) is 0 Å². The van der Waals surface area contributed by atoms with Crippen LogP contribution < -0.4 is 0 Å². The molecule has 0 aromatic rings. The molecular formula is C9H3Cl18O4P. The standard InChI is InChI=1S/C9H3Cl18O4P/c10-1(11)4(16,17)7(22,23)29-32(28,30-8(24,25)5(18,19)2(12)13)31-9(26,27)6(20,21)3(14)15/h1-3H. The quantitative estimate of drug-likeness (QED) is 0.145. The van der Waals surface area contributed by atoms with Crippen LogP contribution in [0.2, 0.25) is 0 Å². The summed E-state index contributed by atoms with van der Waals surface area (Å²) in [6, 6.07) is 0. The lowest BCUT2D eigenvalue weighted by molar-refractivity contribution is 0.0458. The SMILES string of the molecule is O=P(OC(Cl)(Cl)C(Cl)(Cl)C(Cl)Cl)(OC(Cl)(Cl)C(Cl)(Cl)C(Cl)Cl)OC(Cl)(Cl)C(Cl)(Cl)C(Cl)Cl. The first kappa shape index (κ1) is 37.3. The lowest BCUT2D eigenvalue weighted by Gasteiger charge is -2.41. The van der Waals surface area contributed by atoms with Crippen molar-refractivity contribution >= 4 is 217 Å². The van der Waals surface area contributed by atoms with Crippen molar-refractivity contribution in [2.75, 3.05) is 0 Å². The van der Waals surface area contributed by atoms with Gasteiger partial charge >= 0.3 is 7.82 Å². The van der Waals surface area contributed by atoms with E-state index in [9.17, 15) is 4.57 Å². The Bertz CT molecular complexity index is 602. The Labute approximate surface area is 272 Å². The van der Waals surface area contributed by atoms with Crippen LogP contribution in [0.25, 0.3) is 0 Å². The molecule has 0 aromatic carbocycles. The average molecular weight is 844 g/mol. The molecule has 0 N–H and O–H groups in total. The van der Waals surface area contributed by atoms with Crippen LogP contribution in [0.4, 0.5) is 0 Å². The number of rotatable bonds is 12. The van der Waals surface area contributed by atoms with Crippen molar-refractivity contribution in [3.63, 3.8) is 0 Å². The predicted octanol–water partition coefficient (Wildman–Crippen LogP) is 11.5. The van der Waals surface area contributed by atoms with E-state index in [4.69, 9.17) is 222 Å². The van der Waals surface area contributed by atoms with Gasteiger partial charge in [-0.2, -0.15) is 0 Å². The van der Waals surface area contributed by atoms with Crippen molar-refractivity contribution in [2.45, 2.75) is 41.1 Å². The molecule has 0 saturated carbocycles. The van der Waals surface area contributed by atoms with Gasteiger partial charge in [-0.3, -0.25) is 0 Å². The summed E-state index contributed by atoms with van der Waals surface area (Å²) in [5.41, 5.74) is 0. The van der Waals surface area contributed by atoms with Gasteiger partial charge in [0, 0.05) is 0 Å². The Morgan fingerprint density at radius 3 is 0.719 bits per heavy atom. The van der Waals surface area contributed by atoms with E-state index in [2.05, 4.69) is 0 Å². The highest BCUT2D eigenvalue weighted by molar-refractivity contribution is 7.49. The van der Waals surface area contributed by atoms with Gasteiger partial charge in [0.1, 0.15) is 14.5 Å². The molecule has 4 nitrogen and oxygen atoms in total. The largest absolute Gasteiger partial charge is 0.483 e. The van der Waals surface area contributed by atoms with E-state index in [1.165, 1.54) is 0 Å². The molecule has 0 heterocycles. The van der Waals surface area contributed by atoms with Gasteiger partial charge in [0.25, 0.3) is 13.6 Å². The molecule has 0 aliphatic rings. The maximum absolute atomic E-state index is 13.5. The minimum Gasteiger partial charge on any atom is -0.246 e. The second-order valence-corrected chi connectivity index (χ2v) is 17.7. The highest BCUT2D eigenvalue weighted by Gasteiger charge is 2.65. The maximum atomic E-state index is 13.5. The topological polar surface area (TPSA) is 44.8 Å². The third kappa shape index (κ3) is 8.92. The molecule has 32 heavy (non-hydrogen) atoms. The van der Waals surface area contributed by atoms with Crippen molar-refractivity contribution in [2.24, 2.45) is 0 Å². The molecule has 0 saturated heterocycles. The van der Waals surface area contributed by atoms with Crippen molar-refractivity contribution in [3.8, 4) is 0 Å². The zero-order chi connectivity index (χ0) is 26.4. The van der Waals surface area contributed by atoms with Crippen LogP contribution in [-0.2, 0) is 18.1 Å². The summed E-state index contributed by atoms with van der Waals surface area (Å²) in [7, 11) is -5.64. The van der Waals surface area contributed by atoms with Crippen molar-refractivity contribution in [1.82, 2.24) is 0 Å². The molecule has 0 bridgehead atoms. The molecule has 0 rings (SSSR count). The molecule has 0 radical (unpaired) electrons. The summed E-state index contributed by atoms with van der Waals surface area (Å²) in [5, 5.41) is 0. The fraction of sp³-hybridized carbons (Fsp3) is 1.00. The van der Waals surface area contributed by atoms with Gasteiger partial charge in [-0.1, -0.05) is 139 Å². The lowest BCUT2D eigenvalue weighted by atomic mass is 10.5. The first-order valence-electron chi connectivity index (χ1n) is 6.54.